The van der Waals surface area contributed by atoms with E-state index in [-0.39, 0.29) is 11.8 Å². The molecule has 19 heavy (non-hydrogen) atoms. The maximum Gasteiger partial charge on any atom is 0.222 e. The molecule has 0 aromatic rings. The minimum absolute atomic E-state index is 0.113. The molecule has 0 N–H and O–H groups in total. The van der Waals surface area contributed by atoms with E-state index < -0.39 is 0 Å². The molecule has 0 aromatic carbocycles. The SMILES string of the molecule is CC(=O)N1CCN(C(=O)CC2CCN(C)CC2)CC1. The number of nitrogens with zero attached hydrogens (tertiary/aromatic N) is 3. The number of hydrogen-bond donors (Lipinski definition) is 0. The Morgan fingerprint density at radius 2 is 1.47 bits per heavy atom. The minimum atomic E-state index is 0.113. The van der Waals surface area contributed by atoms with Crippen molar-refractivity contribution in [3.63, 3.8) is 0 Å². The minimum Gasteiger partial charge on any atom is -0.339 e. The first-order chi connectivity index (χ1) is 9.06. The molecule has 0 unspecified atom stereocenters. The standard InChI is InChI=1S/C14H25N3O2/c1-12(18)16-7-9-17(10-8-16)14(19)11-13-3-5-15(2)6-4-13/h13H,3-11H2,1-2H3. The maximum absolute atomic E-state index is 12.2. The van der Waals surface area contributed by atoms with E-state index in [1.807, 2.05) is 9.80 Å². The third-order valence-electron chi connectivity index (χ3n) is 4.38. The Morgan fingerprint density at radius 3 is 2.00 bits per heavy atom. The Labute approximate surface area is 115 Å². The molecule has 2 fully saturated rings. The molecule has 2 aliphatic rings. The molecular weight excluding hydrogens is 242 g/mol. The third kappa shape index (κ3) is 3.93. The summed E-state index contributed by atoms with van der Waals surface area (Å²) in [7, 11) is 2.14. The van der Waals surface area contributed by atoms with Gasteiger partial charge in [-0.25, -0.2) is 0 Å². The maximum atomic E-state index is 12.2. The van der Waals surface area contributed by atoms with Crippen molar-refractivity contribution in [2.45, 2.75) is 26.2 Å². The number of carbonyl (C=O) groups excluding carboxylic acids is 2. The van der Waals surface area contributed by atoms with Crippen LogP contribution >= 0.6 is 0 Å². The summed E-state index contributed by atoms with van der Waals surface area (Å²) in [5.41, 5.74) is 0. The van der Waals surface area contributed by atoms with E-state index in [0.717, 1.165) is 25.9 Å². The number of piperidine rings is 1. The predicted octanol–water partition coefficient (Wildman–Crippen LogP) is 0.409. The van der Waals surface area contributed by atoms with Crippen molar-refractivity contribution >= 4 is 11.8 Å². The highest BCUT2D eigenvalue weighted by Crippen LogP contribution is 2.20. The average molecular weight is 267 g/mol. The predicted molar refractivity (Wildman–Crippen MR) is 73.7 cm³/mol. The van der Waals surface area contributed by atoms with Gasteiger partial charge in [-0.3, -0.25) is 9.59 Å². The molecule has 2 aliphatic heterocycles. The summed E-state index contributed by atoms with van der Waals surface area (Å²) >= 11 is 0. The fourth-order valence-electron chi connectivity index (χ4n) is 2.91. The van der Waals surface area contributed by atoms with Gasteiger partial charge in [0, 0.05) is 39.5 Å². The quantitative estimate of drug-likeness (QED) is 0.728. The molecular formula is C14H25N3O2. The first-order valence-corrected chi connectivity index (χ1v) is 7.28. The van der Waals surface area contributed by atoms with Gasteiger partial charge >= 0.3 is 0 Å². The van der Waals surface area contributed by atoms with Crippen LogP contribution in [-0.2, 0) is 9.59 Å². The zero-order valence-electron chi connectivity index (χ0n) is 12.1. The second-order valence-corrected chi connectivity index (χ2v) is 5.84. The lowest BCUT2D eigenvalue weighted by Gasteiger charge is -2.36. The van der Waals surface area contributed by atoms with E-state index in [9.17, 15) is 9.59 Å². The Balaban J connectivity index is 1.74. The normalized spacial score (nSPS) is 22.6. The smallest absolute Gasteiger partial charge is 0.222 e. The second-order valence-electron chi connectivity index (χ2n) is 5.84. The number of rotatable bonds is 2. The molecule has 0 bridgehead atoms. The Kier molecular flexibility index (Phi) is 4.80. The van der Waals surface area contributed by atoms with Crippen molar-refractivity contribution in [3.05, 3.63) is 0 Å². The van der Waals surface area contributed by atoms with Gasteiger partial charge in [-0.15, -0.1) is 0 Å². The van der Waals surface area contributed by atoms with Gasteiger partial charge in [0.25, 0.3) is 0 Å². The molecule has 2 amide bonds. The second kappa shape index (κ2) is 6.37. The first-order valence-electron chi connectivity index (χ1n) is 7.28. The number of amides is 2. The van der Waals surface area contributed by atoms with Crippen LogP contribution in [0.1, 0.15) is 26.2 Å². The lowest BCUT2D eigenvalue weighted by molar-refractivity contribution is -0.139. The van der Waals surface area contributed by atoms with Crippen molar-refractivity contribution in [1.29, 1.82) is 0 Å². The zero-order chi connectivity index (χ0) is 13.8. The lowest BCUT2D eigenvalue weighted by Crippen LogP contribution is -2.50. The van der Waals surface area contributed by atoms with Crippen molar-refractivity contribution in [3.8, 4) is 0 Å². The van der Waals surface area contributed by atoms with Crippen LogP contribution < -0.4 is 0 Å². The molecule has 2 heterocycles. The molecule has 0 radical (unpaired) electrons. The van der Waals surface area contributed by atoms with E-state index in [1.54, 1.807) is 6.92 Å². The number of hydrogen-bond acceptors (Lipinski definition) is 3. The summed E-state index contributed by atoms with van der Waals surface area (Å²) in [6.07, 6.45) is 2.96. The van der Waals surface area contributed by atoms with Gasteiger partial charge in [0.15, 0.2) is 0 Å². The van der Waals surface area contributed by atoms with E-state index in [4.69, 9.17) is 0 Å². The summed E-state index contributed by atoms with van der Waals surface area (Å²) in [6.45, 7) is 6.58. The Bertz CT molecular complexity index is 330. The zero-order valence-corrected chi connectivity index (χ0v) is 12.1. The van der Waals surface area contributed by atoms with Gasteiger partial charge in [-0.1, -0.05) is 0 Å². The molecule has 0 atom stereocenters. The number of carbonyl (C=O) groups is 2. The van der Waals surface area contributed by atoms with E-state index in [1.165, 1.54) is 0 Å². The summed E-state index contributed by atoms with van der Waals surface area (Å²) in [5.74, 6) is 0.940. The monoisotopic (exact) mass is 267 g/mol. The molecule has 5 nitrogen and oxygen atoms in total. The van der Waals surface area contributed by atoms with Crippen LogP contribution in [0.15, 0.2) is 0 Å². The van der Waals surface area contributed by atoms with E-state index >= 15 is 0 Å². The van der Waals surface area contributed by atoms with Crippen molar-refractivity contribution < 1.29 is 9.59 Å². The molecule has 0 spiro atoms. The van der Waals surface area contributed by atoms with Gasteiger partial charge in [0.2, 0.25) is 11.8 Å². The molecule has 0 aromatic heterocycles. The fraction of sp³-hybridized carbons (Fsp3) is 0.857. The lowest BCUT2D eigenvalue weighted by atomic mass is 9.93. The number of likely N-dealkylation sites (tertiary alicyclic amines) is 1. The average Bonchev–Trinajstić information content (AvgIpc) is 2.41. The summed E-state index contributed by atoms with van der Waals surface area (Å²) in [5, 5.41) is 0. The molecule has 2 saturated heterocycles. The van der Waals surface area contributed by atoms with E-state index in [2.05, 4.69) is 11.9 Å². The van der Waals surface area contributed by atoms with Crippen LogP contribution in [0.4, 0.5) is 0 Å². The van der Waals surface area contributed by atoms with Gasteiger partial charge in [-0.2, -0.15) is 0 Å². The topological polar surface area (TPSA) is 43.9 Å². The van der Waals surface area contributed by atoms with Crippen molar-refractivity contribution in [2.75, 3.05) is 46.3 Å². The van der Waals surface area contributed by atoms with Crippen LogP contribution in [0.3, 0.4) is 0 Å². The van der Waals surface area contributed by atoms with Crippen LogP contribution in [0.5, 0.6) is 0 Å². The third-order valence-corrected chi connectivity index (χ3v) is 4.38. The van der Waals surface area contributed by atoms with Gasteiger partial charge < -0.3 is 14.7 Å². The van der Waals surface area contributed by atoms with Gasteiger partial charge in [0.1, 0.15) is 0 Å². The molecule has 0 aliphatic carbocycles. The summed E-state index contributed by atoms with van der Waals surface area (Å²) in [4.78, 5) is 29.5. The molecule has 108 valence electrons. The summed E-state index contributed by atoms with van der Waals surface area (Å²) in [6, 6.07) is 0. The van der Waals surface area contributed by atoms with Crippen LogP contribution in [0.25, 0.3) is 0 Å². The summed E-state index contributed by atoms with van der Waals surface area (Å²) < 4.78 is 0. The largest absolute Gasteiger partial charge is 0.339 e. The highest BCUT2D eigenvalue weighted by molar-refractivity contribution is 5.77. The molecule has 5 heteroatoms. The van der Waals surface area contributed by atoms with Gasteiger partial charge in [0.05, 0.1) is 0 Å². The Morgan fingerprint density at radius 1 is 0.947 bits per heavy atom. The highest BCUT2D eigenvalue weighted by Gasteiger charge is 2.25. The Hall–Kier alpha value is -1.10. The van der Waals surface area contributed by atoms with Gasteiger partial charge in [-0.05, 0) is 38.9 Å². The van der Waals surface area contributed by atoms with E-state index in [0.29, 0.717) is 38.5 Å². The van der Waals surface area contributed by atoms with Crippen LogP contribution in [0, 0.1) is 5.92 Å². The molecule has 2 rings (SSSR count). The highest BCUT2D eigenvalue weighted by atomic mass is 16.2. The first kappa shape index (κ1) is 14.3. The van der Waals surface area contributed by atoms with Crippen molar-refractivity contribution in [2.24, 2.45) is 5.92 Å². The number of piperazine rings is 1. The molecule has 0 saturated carbocycles. The van der Waals surface area contributed by atoms with Crippen LogP contribution in [-0.4, -0.2) is 72.8 Å². The fourth-order valence-corrected chi connectivity index (χ4v) is 2.91. The van der Waals surface area contributed by atoms with Crippen molar-refractivity contribution in [1.82, 2.24) is 14.7 Å². The van der Waals surface area contributed by atoms with Crippen LogP contribution in [0.2, 0.25) is 0 Å².